The van der Waals surface area contributed by atoms with Gasteiger partial charge in [0.25, 0.3) is 5.91 Å². The number of primary amides is 1. The van der Waals surface area contributed by atoms with E-state index in [4.69, 9.17) is 5.73 Å². The second kappa shape index (κ2) is 7.10. The van der Waals surface area contributed by atoms with Crippen LogP contribution in [0.1, 0.15) is 17.4 Å². The molecule has 0 spiro atoms. The van der Waals surface area contributed by atoms with Crippen LogP contribution in [0.25, 0.3) is 0 Å². The number of piperazine rings is 1. The van der Waals surface area contributed by atoms with Crippen molar-refractivity contribution in [3.05, 3.63) is 42.0 Å². The van der Waals surface area contributed by atoms with Gasteiger partial charge in [0.05, 0.1) is 10.6 Å². The van der Waals surface area contributed by atoms with Crippen molar-refractivity contribution in [3.63, 3.8) is 0 Å². The van der Waals surface area contributed by atoms with Crippen molar-refractivity contribution in [2.75, 3.05) is 35.7 Å². The lowest BCUT2D eigenvalue weighted by atomic mass is 10.1. The fourth-order valence-electron chi connectivity index (χ4n) is 3.07. The summed E-state index contributed by atoms with van der Waals surface area (Å²) in [6.07, 6.45) is 2.52. The zero-order chi connectivity index (χ0) is 19.8. The van der Waals surface area contributed by atoms with E-state index in [1.165, 1.54) is 24.4 Å². The van der Waals surface area contributed by atoms with Crippen LogP contribution < -0.4 is 15.5 Å². The highest BCUT2D eigenvalue weighted by Crippen LogP contribution is 2.26. The molecule has 144 valence electrons. The number of hydrogen-bond acceptors (Lipinski definition) is 7. The van der Waals surface area contributed by atoms with Gasteiger partial charge < -0.3 is 15.5 Å². The lowest BCUT2D eigenvalue weighted by Gasteiger charge is -2.41. The number of nitrogens with two attached hydrogens (primary N) is 1. The number of nitrogens with zero attached hydrogens (tertiary/aromatic N) is 4. The summed E-state index contributed by atoms with van der Waals surface area (Å²) in [5.74, 6) is -0.810. The maximum Gasteiger partial charge on any atom is 0.267 e. The van der Waals surface area contributed by atoms with Crippen LogP contribution in [0.3, 0.4) is 0 Å². The molecule has 1 saturated heterocycles. The first kappa shape index (κ1) is 19.0. The van der Waals surface area contributed by atoms with Gasteiger partial charge in [-0.3, -0.25) is 4.79 Å². The number of anilines is 2. The summed E-state index contributed by atoms with van der Waals surface area (Å²) in [6.45, 7) is 3.43. The van der Waals surface area contributed by atoms with Crippen molar-refractivity contribution in [1.29, 1.82) is 0 Å². The average Bonchev–Trinajstić information content (AvgIpc) is 2.61. The summed E-state index contributed by atoms with van der Waals surface area (Å²) in [5, 5.41) is 0. The summed E-state index contributed by atoms with van der Waals surface area (Å²) in [6, 6.07) is 5.32. The highest BCUT2D eigenvalue weighted by Gasteiger charge is 2.27. The van der Waals surface area contributed by atoms with Crippen molar-refractivity contribution < 1.29 is 17.6 Å². The van der Waals surface area contributed by atoms with E-state index in [-0.39, 0.29) is 16.6 Å². The molecule has 2 heterocycles. The second-order valence-corrected chi connectivity index (χ2v) is 8.50. The largest absolute Gasteiger partial charge is 0.365 e. The fourth-order valence-corrected chi connectivity index (χ4v) is 3.71. The Morgan fingerprint density at radius 3 is 2.63 bits per heavy atom. The first-order valence-corrected chi connectivity index (χ1v) is 10.2. The number of rotatable bonds is 4. The summed E-state index contributed by atoms with van der Waals surface area (Å²) in [4.78, 5) is 23.4. The van der Waals surface area contributed by atoms with Crippen molar-refractivity contribution >= 4 is 27.4 Å². The fraction of sp³-hybridized carbons (Fsp3) is 0.353. The van der Waals surface area contributed by atoms with Crippen molar-refractivity contribution in [3.8, 4) is 0 Å². The van der Waals surface area contributed by atoms with Crippen LogP contribution in [-0.2, 0) is 9.84 Å². The van der Waals surface area contributed by atoms with Crippen molar-refractivity contribution in [2.45, 2.75) is 17.9 Å². The number of aromatic nitrogens is 2. The topological polar surface area (TPSA) is 109 Å². The second-order valence-electron chi connectivity index (χ2n) is 6.48. The molecule has 3 rings (SSSR count). The number of halogens is 1. The molecule has 0 aliphatic carbocycles. The zero-order valence-electron chi connectivity index (χ0n) is 15.0. The Morgan fingerprint density at radius 2 is 2.04 bits per heavy atom. The Hall–Kier alpha value is -2.75. The maximum atomic E-state index is 14.5. The standard InChI is InChI=1S/C17H20FN5O3S/c1-11-10-22(15-4-3-12(9-13(15)18)27(2,25)26)7-8-23(11)17-20-6-5-14(21-17)16(19)24/h3-6,9,11H,7-8,10H2,1-2H3,(H2,19,24)/t11-/m1/s1. The predicted molar refractivity (Wildman–Crippen MR) is 99.1 cm³/mol. The van der Waals surface area contributed by atoms with E-state index in [1.807, 2.05) is 16.7 Å². The van der Waals surface area contributed by atoms with E-state index in [0.717, 1.165) is 12.3 Å². The molecule has 1 fully saturated rings. The van der Waals surface area contributed by atoms with E-state index in [0.29, 0.717) is 31.3 Å². The third kappa shape index (κ3) is 4.00. The van der Waals surface area contributed by atoms with Gasteiger partial charge in [0.15, 0.2) is 9.84 Å². The smallest absolute Gasteiger partial charge is 0.267 e. The predicted octanol–water partition coefficient (Wildman–Crippen LogP) is 0.833. The summed E-state index contributed by atoms with van der Waals surface area (Å²) in [7, 11) is -3.46. The van der Waals surface area contributed by atoms with Gasteiger partial charge in [-0.25, -0.2) is 22.8 Å². The highest BCUT2D eigenvalue weighted by molar-refractivity contribution is 7.90. The minimum Gasteiger partial charge on any atom is -0.365 e. The van der Waals surface area contributed by atoms with Gasteiger partial charge in [-0.05, 0) is 31.2 Å². The van der Waals surface area contributed by atoms with Crippen LogP contribution in [0.15, 0.2) is 35.4 Å². The number of hydrogen-bond donors (Lipinski definition) is 1. The molecule has 1 aliphatic heterocycles. The number of carbonyl (C=O) groups is 1. The minimum absolute atomic E-state index is 0.0490. The molecule has 1 aromatic heterocycles. The normalized spacial score (nSPS) is 17.8. The average molecular weight is 393 g/mol. The number of sulfone groups is 1. The lowest BCUT2D eigenvalue weighted by molar-refractivity contribution is 0.0995. The van der Waals surface area contributed by atoms with Gasteiger partial charge >= 0.3 is 0 Å². The summed E-state index contributed by atoms with van der Waals surface area (Å²) < 4.78 is 37.6. The third-order valence-corrected chi connectivity index (χ3v) is 5.58. The van der Waals surface area contributed by atoms with Crippen molar-refractivity contribution in [2.24, 2.45) is 5.73 Å². The van der Waals surface area contributed by atoms with Crippen LogP contribution in [0.4, 0.5) is 16.0 Å². The number of amides is 1. The Bertz CT molecular complexity index is 982. The molecule has 1 amide bonds. The molecule has 0 radical (unpaired) electrons. The van der Waals surface area contributed by atoms with E-state index >= 15 is 0 Å². The van der Waals surface area contributed by atoms with E-state index in [9.17, 15) is 17.6 Å². The first-order valence-electron chi connectivity index (χ1n) is 8.31. The van der Waals surface area contributed by atoms with Gasteiger partial charge in [0.1, 0.15) is 11.5 Å². The lowest BCUT2D eigenvalue weighted by Crippen LogP contribution is -2.53. The maximum absolute atomic E-state index is 14.5. The molecule has 0 bridgehead atoms. The van der Waals surface area contributed by atoms with Crippen LogP contribution in [0.2, 0.25) is 0 Å². The van der Waals surface area contributed by atoms with Crippen LogP contribution in [0, 0.1) is 5.82 Å². The molecule has 1 atom stereocenters. The summed E-state index contributed by atoms with van der Waals surface area (Å²) in [5.41, 5.74) is 5.75. The molecular weight excluding hydrogens is 373 g/mol. The minimum atomic E-state index is -3.46. The monoisotopic (exact) mass is 393 g/mol. The number of carbonyl (C=O) groups excluding carboxylic acids is 1. The van der Waals surface area contributed by atoms with Gasteiger partial charge in [0.2, 0.25) is 5.95 Å². The molecule has 2 N–H and O–H groups in total. The first-order chi connectivity index (χ1) is 12.7. The van der Waals surface area contributed by atoms with E-state index in [2.05, 4.69) is 9.97 Å². The molecule has 2 aromatic rings. The molecule has 1 aromatic carbocycles. The molecule has 1 aliphatic rings. The molecule has 0 saturated carbocycles. The van der Waals surface area contributed by atoms with Gasteiger partial charge in [-0.2, -0.15) is 0 Å². The molecular formula is C17H20FN5O3S. The SMILES string of the molecule is C[C@@H]1CN(c2ccc(S(C)(=O)=O)cc2F)CCN1c1nccc(C(N)=O)n1. The molecule has 10 heteroatoms. The van der Waals surface area contributed by atoms with Crippen LogP contribution in [-0.4, -0.2) is 56.2 Å². The van der Waals surface area contributed by atoms with Crippen LogP contribution >= 0.6 is 0 Å². The highest BCUT2D eigenvalue weighted by atomic mass is 32.2. The Balaban J connectivity index is 1.79. The van der Waals surface area contributed by atoms with Gasteiger partial charge in [-0.1, -0.05) is 0 Å². The quantitative estimate of drug-likeness (QED) is 0.819. The Morgan fingerprint density at radius 1 is 1.30 bits per heavy atom. The molecule has 0 unspecified atom stereocenters. The Labute approximate surface area is 156 Å². The number of benzene rings is 1. The molecule has 8 nitrogen and oxygen atoms in total. The van der Waals surface area contributed by atoms with Crippen molar-refractivity contribution in [1.82, 2.24) is 9.97 Å². The van der Waals surface area contributed by atoms with E-state index in [1.54, 1.807) is 0 Å². The zero-order valence-corrected chi connectivity index (χ0v) is 15.8. The Kier molecular flexibility index (Phi) is 5.01. The molecule has 27 heavy (non-hydrogen) atoms. The third-order valence-electron chi connectivity index (χ3n) is 4.47. The van der Waals surface area contributed by atoms with Gasteiger partial charge in [0, 0.05) is 38.1 Å². The van der Waals surface area contributed by atoms with Gasteiger partial charge in [-0.15, -0.1) is 0 Å². The summed E-state index contributed by atoms with van der Waals surface area (Å²) >= 11 is 0. The van der Waals surface area contributed by atoms with E-state index < -0.39 is 21.6 Å². The van der Waals surface area contributed by atoms with Crippen LogP contribution in [0.5, 0.6) is 0 Å².